The van der Waals surface area contributed by atoms with Crippen LogP contribution < -0.4 is 14.4 Å². The second-order valence-corrected chi connectivity index (χ2v) is 7.10. The standard InChI is InChI=1S/C17H20NO5P/c19-17(20)14-18-12-7-13-24(21,22-15-8-3-1-4-9-15)23-16-10-5-2-6-11-16/h1-6,8-11,18H,7,12-14H2,(H,19,20). The summed E-state index contributed by atoms with van der Waals surface area (Å²) < 4.78 is 24.3. The number of benzene rings is 2. The van der Waals surface area contributed by atoms with Crippen molar-refractivity contribution in [2.24, 2.45) is 0 Å². The number of aliphatic carboxylic acids is 1. The molecule has 24 heavy (non-hydrogen) atoms. The van der Waals surface area contributed by atoms with Gasteiger partial charge in [0.1, 0.15) is 11.5 Å². The van der Waals surface area contributed by atoms with Crippen LogP contribution >= 0.6 is 7.60 Å². The summed E-state index contributed by atoms with van der Waals surface area (Å²) in [6.07, 6.45) is 0.633. The van der Waals surface area contributed by atoms with Crippen LogP contribution in [0, 0.1) is 0 Å². The van der Waals surface area contributed by atoms with E-state index < -0.39 is 13.6 Å². The highest BCUT2D eigenvalue weighted by molar-refractivity contribution is 7.54. The summed E-state index contributed by atoms with van der Waals surface area (Å²) in [5, 5.41) is 11.3. The van der Waals surface area contributed by atoms with Gasteiger partial charge in [-0.05, 0) is 37.2 Å². The van der Waals surface area contributed by atoms with Crippen LogP contribution in [0.25, 0.3) is 0 Å². The number of nitrogens with one attached hydrogen (secondary N) is 1. The van der Waals surface area contributed by atoms with Crippen molar-refractivity contribution in [1.29, 1.82) is 0 Å². The van der Waals surface area contributed by atoms with E-state index in [1.54, 1.807) is 48.5 Å². The molecular weight excluding hydrogens is 329 g/mol. The number of hydrogen-bond acceptors (Lipinski definition) is 5. The zero-order valence-electron chi connectivity index (χ0n) is 13.1. The van der Waals surface area contributed by atoms with E-state index in [0.717, 1.165) is 0 Å². The number of carbonyl (C=O) groups is 1. The van der Waals surface area contributed by atoms with Gasteiger partial charge in [0.05, 0.1) is 12.7 Å². The third-order valence-corrected chi connectivity index (χ3v) is 4.88. The summed E-state index contributed by atoms with van der Waals surface area (Å²) in [7, 11) is -3.41. The Labute approximate surface area is 141 Å². The molecule has 128 valence electrons. The SMILES string of the molecule is O=C(O)CNCCCP(=O)(Oc1ccccc1)Oc1ccccc1. The Balaban J connectivity index is 2.00. The van der Waals surface area contributed by atoms with Crippen LogP contribution in [0.5, 0.6) is 11.5 Å². The first-order valence-corrected chi connectivity index (χ1v) is 9.31. The highest BCUT2D eigenvalue weighted by Gasteiger charge is 2.27. The zero-order valence-corrected chi connectivity index (χ0v) is 14.0. The highest BCUT2D eigenvalue weighted by atomic mass is 31.2. The van der Waals surface area contributed by atoms with E-state index in [2.05, 4.69) is 5.32 Å². The summed E-state index contributed by atoms with van der Waals surface area (Å²) >= 11 is 0. The van der Waals surface area contributed by atoms with Crippen molar-refractivity contribution in [3.05, 3.63) is 60.7 Å². The molecule has 0 unspecified atom stereocenters. The van der Waals surface area contributed by atoms with E-state index in [0.29, 0.717) is 24.5 Å². The lowest BCUT2D eigenvalue weighted by atomic mass is 10.3. The lowest BCUT2D eigenvalue weighted by Gasteiger charge is -2.20. The van der Waals surface area contributed by atoms with Gasteiger partial charge in [0.15, 0.2) is 0 Å². The zero-order chi connectivity index (χ0) is 17.3. The number of carboxylic acid groups (broad SMARTS) is 1. The normalized spacial score (nSPS) is 11.0. The summed E-state index contributed by atoms with van der Waals surface area (Å²) in [4.78, 5) is 10.5. The molecule has 6 nitrogen and oxygen atoms in total. The lowest BCUT2D eigenvalue weighted by molar-refractivity contribution is -0.135. The van der Waals surface area contributed by atoms with E-state index in [9.17, 15) is 9.36 Å². The van der Waals surface area contributed by atoms with Crippen LogP contribution in [-0.4, -0.2) is 30.3 Å². The molecule has 0 saturated heterocycles. The average molecular weight is 349 g/mol. The predicted molar refractivity (Wildman–Crippen MR) is 91.7 cm³/mol. The maximum Gasteiger partial charge on any atom is 0.430 e. The molecular formula is C17H20NO5P. The second-order valence-electron chi connectivity index (χ2n) is 5.07. The van der Waals surface area contributed by atoms with Gasteiger partial charge >= 0.3 is 13.6 Å². The van der Waals surface area contributed by atoms with Gasteiger partial charge < -0.3 is 19.5 Å². The van der Waals surface area contributed by atoms with Gasteiger partial charge in [-0.25, -0.2) is 4.57 Å². The van der Waals surface area contributed by atoms with Crippen LogP contribution in [0.1, 0.15) is 6.42 Å². The Bertz CT molecular complexity index is 632. The van der Waals surface area contributed by atoms with E-state index in [-0.39, 0.29) is 12.7 Å². The molecule has 0 spiro atoms. The van der Waals surface area contributed by atoms with Crippen LogP contribution in [0.15, 0.2) is 60.7 Å². The van der Waals surface area contributed by atoms with Gasteiger partial charge in [-0.1, -0.05) is 36.4 Å². The van der Waals surface area contributed by atoms with Gasteiger partial charge in [-0.15, -0.1) is 0 Å². The molecule has 0 aromatic heterocycles. The third-order valence-electron chi connectivity index (χ3n) is 3.04. The van der Waals surface area contributed by atoms with Gasteiger partial charge in [-0.3, -0.25) is 4.79 Å². The minimum Gasteiger partial charge on any atom is -0.480 e. The van der Waals surface area contributed by atoms with E-state index >= 15 is 0 Å². The van der Waals surface area contributed by atoms with E-state index in [1.807, 2.05) is 12.1 Å². The minimum absolute atomic E-state index is 0.136. The summed E-state index contributed by atoms with van der Waals surface area (Å²) in [6, 6.07) is 17.7. The molecule has 0 fully saturated rings. The van der Waals surface area contributed by atoms with Crippen molar-refractivity contribution in [1.82, 2.24) is 5.32 Å². The Kier molecular flexibility index (Phi) is 6.85. The first kappa shape index (κ1) is 18.0. The Hall–Kier alpha value is -2.30. The van der Waals surface area contributed by atoms with Gasteiger partial charge in [0.2, 0.25) is 0 Å². The Morgan fingerprint density at radius 2 is 1.46 bits per heavy atom. The first-order chi connectivity index (χ1) is 11.6. The fourth-order valence-electron chi connectivity index (χ4n) is 1.99. The molecule has 0 saturated carbocycles. The number of hydrogen-bond donors (Lipinski definition) is 2. The van der Waals surface area contributed by atoms with Crippen molar-refractivity contribution < 1.29 is 23.5 Å². The topological polar surface area (TPSA) is 84.9 Å². The smallest absolute Gasteiger partial charge is 0.430 e. The largest absolute Gasteiger partial charge is 0.480 e. The first-order valence-electron chi connectivity index (χ1n) is 7.58. The van der Waals surface area contributed by atoms with Crippen LogP contribution in [0.2, 0.25) is 0 Å². The number of carboxylic acids is 1. The molecule has 2 aromatic carbocycles. The quantitative estimate of drug-likeness (QED) is 0.505. The minimum atomic E-state index is -3.41. The lowest BCUT2D eigenvalue weighted by Crippen LogP contribution is -2.24. The number of rotatable bonds is 10. The second kappa shape index (κ2) is 9.11. The van der Waals surface area contributed by atoms with Crippen molar-refractivity contribution in [3.8, 4) is 11.5 Å². The summed E-state index contributed by atoms with van der Waals surface area (Å²) in [5.74, 6) is 0.00442. The molecule has 2 aromatic rings. The monoisotopic (exact) mass is 349 g/mol. The van der Waals surface area contributed by atoms with E-state index in [1.165, 1.54) is 0 Å². The van der Waals surface area contributed by atoms with Crippen LogP contribution in [0.4, 0.5) is 0 Å². The molecule has 0 atom stereocenters. The van der Waals surface area contributed by atoms with Gasteiger partial charge in [-0.2, -0.15) is 0 Å². The third kappa shape index (κ3) is 6.44. The molecule has 0 heterocycles. The average Bonchev–Trinajstić information content (AvgIpc) is 2.56. The highest BCUT2D eigenvalue weighted by Crippen LogP contribution is 2.48. The Morgan fingerprint density at radius 1 is 0.958 bits per heavy atom. The Morgan fingerprint density at radius 3 is 1.92 bits per heavy atom. The van der Waals surface area contributed by atoms with Crippen molar-refractivity contribution in [2.45, 2.75) is 6.42 Å². The van der Waals surface area contributed by atoms with Crippen molar-refractivity contribution in [2.75, 3.05) is 19.3 Å². The van der Waals surface area contributed by atoms with Gasteiger partial charge in [0.25, 0.3) is 0 Å². The van der Waals surface area contributed by atoms with E-state index in [4.69, 9.17) is 14.2 Å². The summed E-state index contributed by atoms with van der Waals surface area (Å²) in [6.45, 7) is 0.274. The fraction of sp³-hybridized carbons (Fsp3) is 0.235. The molecule has 7 heteroatoms. The molecule has 2 rings (SSSR count). The van der Waals surface area contributed by atoms with Crippen molar-refractivity contribution >= 4 is 13.6 Å². The van der Waals surface area contributed by atoms with Crippen molar-refractivity contribution in [3.63, 3.8) is 0 Å². The molecule has 0 aliphatic heterocycles. The predicted octanol–water partition coefficient (Wildman–Crippen LogP) is 3.40. The molecule has 0 amide bonds. The summed E-state index contributed by atoms with van der Waals surface area (Å²) in [5.41, 5.74) is 0. The molecule has 0 aliphatic carbocycles. The molecule has 0 bridgehead atoms. The van der Waals surface area contributed by atoms with Crippen LogP contribution in [0.3, 0.4) is 0 Å². The fourth-order valence-corrected chi connectivity index (χ4v) is 3.64. The van der Waals surface area contributed by atoms with Crippen LogP contribution in [-0.2, 0) is 9.36 Å². The molecule has 0 radical (unpaired) electrons. The maximum absolute atomic E-state index is 13.1. The number of para-hydroxylation sites is 2. The molecule has 0 aliphatic rings. The maximum atomic E-state index is 13.1. The molecule has 2 N–H and O–H groups in total. The van der Waals surface area contributed by atoms with Gasteiger partial charge in [0, 0.05) is 0 Å².